The van der Waals surface area contributed by atoms with Crippen molar-refractivity contribution in [1.82, 2.24) is 10.2 Å². The maximum absolute atomic E-state index is 13.9. The molecule has 202 valence electrons. The van der Waals surface area contributed by atoms with Crippen molar-refractivity contribution in [3.63, 3.8) is 0 Å². The molecule has 0 spiro atoms. The molecule has 1 atom stereocenters. The van der Waals surface area contributed by atoms with Crippen molar-refractivity contribution in [2.75, 3.05) is 30.8 Å². The summed E-state index contributed by atoms with van der Waals surface area (Å²) in [7, 11) is -2.29. The minimum atomic E-state index is -3.82. The fourth-order valence-corrected chi connectivity index (χ4v) is 4.95. The topological polar surface area (TPSA) is 96.0 Å². The molecule has 8 nitrogen and oxygen atoms in total. The fourth-order valence-electron chi connectivity index (χ4n) is 4.10. The van der Waals surface area contributed by atoms with Crippen LogP contribution in [0.3, 0.4) is 0 Å². The summed E-state index contributed by atoms with van der Waals surface area (Å²) in [4.78, 5) is 28.5. The first-order chi connectivity index (χ1) is 18.1. The van der Waals surface area contributed by atoms with Gasteiger partial charge in [-0.25, -0.2) is 8.42 Å². The number of amides is 2. The van der Waals surface area contributed by atoms with E-state index in [4.69, 9.17) is 4.74 Å². The number of nitrogens with zero attached hydrogens (tertiary/aromatic N) is 2. The zero-order valence-electron chi connectivity index (χ0n) is 22.3. The zero-order valence-corrected chi connectivity index (χ0v) is 23.1. The van der Waals surface area contributed by atoms with Gasteiger partial charge in [-0.1, -0.05) is 60.2 Å². The third-order valence-electron chi connectivity index (χ3n) is 6.11. The van der Waals surface area contributed by atoms with E-state index < -0.39 is 28.5 Å². The summed E-state index contributed by atoms with van der Waals surface area (Å²) < 4.78 is 32.1. The number of aryl methyl sites for hydroxylation is 1. The lowest BCUT2D eigenvalue weighted by molar-refractivity contribution is -0.139. The fraction of sp³-hybridized carbons (Fsp3) is 0.310. The predicted molar refractivity (Wildman–Crippen MR) is 150 cm³/mol. The van der Waals surface area contributed by atoms with Crippen molar-refractivity contribution in [2.45, 2.75) is 32.9 Å². The lowest BCUT2D eigenvalue weighted by Crippen LogP contribution is -2.52. The summed E-state index contributed by atoms with van der Waals surface area (Å²) in [5.74, 6) is -0.227. The number of hydrogen-bond donors (Lipinski definition) is 1. The van der Waals surface area contributed by atoms with E-state index in [2.05, 4.69) is 5.32 Å². The number of ether oxygens (including phenoxy) is 1. The molecule has 9 heteroatoms. The van der Waals surface area contributed by atoms with Gasteiger partial charge in [0.2, 0.25) is 21.8 Å². The van der Waals surface area contributed by atoms with Crippen molar-refractivity contribution in [2.24, 2.45) is 0 Å². The number of hydrogen-bond acceptors (Lipinski definition) is 5. The smallest absolute Gasteiger partial charge is 0.244 e. The summed E-state index contributed by atoms with van der Waals surface area (Å²) in [5, 5.41) is 2.67. The van der Waals surface area contributed by atoms with E-state index >= 15 is 0 Å². The molecule has 38 heavy (non-hydrogen) atoms. The van der Waals surface area contributed by atoms with Crippen molar-refractivity contribution in [1.29, 1.82) is 0 Å². The van der Waals surface area contributed by atoms with Crippen LogP contribution in [0.5, 0.6) is 5.75 Å². The summed E-state index contributed by atoms with van der Waals surface area (Å²) in [6.07, 6.45) is 1.33. The molecule has 2 amide bonds. The molecule has 3 aromatic carbocycles. The highest BCUT2D eigenvalue weighted by atomic mass is 32.2. The molecule has 0 bridgehead atoms. The Morgan fingerprint density at radius 3 is 2.11 bits per heavy atom. The standard InChI is InChI=1S/C29H35N3O5S/c1-5-37-26-17-15-25(16-18-26)32(38(4,35)36)21-28(33)31(20-24-13-11-22(2)12-14-24)27(29(34)30-3)19-23-9-7-6-8-10-23/h6-18,27H,5,19-21H2,1-4H3,(H,30,34)/t27-/m1/s1. The molecular formula is C29H35N3O5S. The Morgan fingerprint density at radius 2 is 1.55 bits per heavy atom. The Balaban J connectivity index is 1.99. The van der Waals surface area contributed by atoms with Gasteiger partial charge in [-0.05, 0) is 49.2 Å². The molecule has 0 aliphatic rings. The van der Waals surface area contributed by atoms with Crippen LogP contribution in [-0.4, -0.2) is 57.6 Å². The van der Waals surface area contributed by atoms with Crippen LogP contribution in [0.1, 0.15) is 23.6 Å². The lowest BCUT2D eigenvalue weighted by Gasteiger charge is -2.33. The molecule has 0 aliphatic heterocycles. The van der Waals surface area contributed by atoms with Gasteiger partial charge in [-0.3, -0.25) is 13.9 Å². The van der Waals surface area contributed by atoms with Crippen molar-refractivity contribution in [3.05, 3.63) is 95.6 Å². The number of anilines is 1. The Labute approximate surface area is 225 Å². The molecule has 0 radical (unpaired) electrons. The Morgan fingerprint density at radius 1 is 0.921 bits per heavy atom. The van der Waals surface area contributed by atoms with Crippen LogP contribution >= 0.6 is 0 Å². The van der Waals surface area contributed by atoms with E-state index in [1.807, 2.05) is 68.4 Å². The number of nitrogens with one attached hydrogen (secondary N) is 1. The molecular weight excluding hydrogens is 502 g/mol. The van der Waals surface area contributed by atoms with Gasteiger partial charge in [0.05, 0.1) is 18.6 Å². The minimum absolute atomic E-state index is 0.144. The lowest BCUT2D eigenvalue weighted by atomic mass is 10.0. The summed E-state index contributed by atoms with van der Waals surface area (Å²) in [6.45, 7) is 3.99. The number of benzene rings is 3. The van der Waals surface area contributed by atoms with E-state index in [9.17, 15) is 18.0 Å². The van der Waals surface area contributed by atoms with Gasteiger partial charge in [-0.15, -0.1) is 0 Å². The van der Waals surface area contributed by atoms with Crippen LogP contribution in [0.4, 0.5) is 5.69 Å². The van der Waals surface area contributed by atoms with E-state index in [-0.39, 0.29) is 18.9 Å². The van der Waals surface area contributed by atoms with Gasteiger partial charge < -0.3 is 15.0 Å². The first kappa shape index (κ1) is 28.7. The first-order valence-electron chi connectivity index (χ1n) is 12.4. The third-order valence-corrected chi connectivity index (χ3v) is 7.25. The van der Waals surface area contributed by atoms with Gasteiger partial charge >= 0.3 is 0 Å². The van der Waals surface area contributed by atoms with Gasteiger partial charge in [0.1, 0.15) is 18.3 Å². The van der Waals surface area contributed by atoms with E-state index in [0.717, 1.165) is 27.3 Å². The third kappa shape index (κ3) is 7.82. The van der Waals surface area contributed by atoms with Crippen LogP contribution < -0.4 is 14.4 Å². The molecule has 0 heterocycles. The number of likely N-dealkylation sites (N-methyl/N-ethyl adjacent to an activating group) is 1. The van der Waals surface area contributed by atoms with Gasteiger partial charge in [0.15, 0.2) is 0 Å². The predicted octanol–water partition coefficient (Wildman–Crippen LogP) is 3.55. The first-order valence-corrected chi connectivity index (χ1v) is 14.3. The van der Waals surface area contributed by atoms with Crippen molar-refractivity contribution < 1.29 is 22.7 Å². The maximum Gasteiger partial charge on any atom is 0.244 e. The van der Waals surface area contributed by atoms with Gasteiger partial charge in [0.25, 0.3) is 0 Å². The summed E-state index contributed by atoms with van der Waals surface area (Å²) >= 11 is 0. The highest BCUT2D eigenvalue weighted by Gasteiger charge is 2.32. The second-order valence-electron chi connectivity index (χ2n) is 9.02. The molecule has 3 rings (SSSR count). The quantitative estimate of drug-likeness (QED) is 0.381. The number of carbonyl (C=O) groups excluding carboxylic acids is 2. The maximum atomic E-state index is 13.9. The van der Waals surface area contributed by atoms with Crippen molar-refractivity contribution >= 4 is 27.5 Å². The largest absolute Gasteiger partial charge is 0.494 e. The summed E-state index contributed by atoms with van der Waals surface area (Å²) in [5.41, 5.74) is 3.11. The van der Waals surface area contributed by atoms with Gasteiger partial charge in [0, 0.05) is 20.0 Å². The average Bonchev–Trinajstić information content (AvgIpc) is 2.90. The van der Waals surface area contributed by atoms with E-state index in [1.165, 1.54) is 11.9 Å². The Kier molecular flexibility index (Phi) is 9.90. The molecule has 0 fully saturated rings. The Bertz CT molecular complexity index is 1310. The second-order valence-corrected chi connectivity index (χ2v) is 10.9. The number of sulfonamides is 1. The van der Waals surface area contributed by atoms with Crippen LogP contribution in [0.25, 0.3) is 0 Å². The van der Waals surface area contributed by atoms with Crippen LogP contribution in [0, 0.1) is 6.92 Å². The van der Waals surface area contributed by atoms with Crippen LogP contribution in [0.2, 0.25) is 0 Å². The normalized spacial score (nSPS) is 11.9. The van der Waals surface area contributed by atoms with Gasteiger partial charge in [-0.2, -0.15) is 0 Å². The summed E-state index contributed by atoms with van der Waals surface area (Å²) in [6, 6.07) is 22.8. The zero-order chi connectivity index (χ0) is 27.7. The highest BCUT2D eigenvalue weighted by Crippen LogP contribution is 2.23. The second kappa shape index (κ2) is 13.1. The number of carbonyl (C=O) groups is 2. The minimum Gasteiger partial charge on any atom is -0.494 e. The highest BCUT2D eigenvalue weighted by molar-refractivity contribution is 7.92. The molecule has 0 aromatic heterocycles. The monoisotopic (exact) mass is 537 g/mol. The number of rotatable bonds is 12. The molecule has 0 saturated heterocycles. The molecule has 0 saturated carbocycles. The Hall–Kier alpha value is -3.85. The van der Waals surface area contributed by atoms with Crippen LogP contribution in [-0.2, 0) is 32.6 Å². The van der Waals surface area contributed by atoms with E-state index in [0.29, 0.717) is 18.0 Å². The molecule has 0 aliphatic carbocycles. The molecule has 1 N–H and O–H groups in total. The molecule has 0 unspecified atom stereocenters. The van der Waals surface area contributed by atoms with Crippen molar-refractivity contribution in [3.8, 4) is 5.75 Å². The van der Waals surface area contributed by atoms with Crippen LogP contribution in [0.15, 0.2) is 78.9 Å². The SMILES string of the molecule is CCOc1ccc(N(CC(=O)N(Cc2ccc(C)cc2)[C@H](Cc2ccccc2)C(=O)NC)S(C)(=O)=O)cc1. The van der Waals surface area contributed by atoms with E-state index in [1.54, 1.807) is 24.3 Å². The molecule has 3 aromatic rings. The average molecular weight is 538 g/mol.